The van der Waals surface area contributed by atoms with Gasteiger partial charge >= 0.3 is 0 Å². The van der Waals surface area contributed by atoms with Gasteiger partial charge in [-0.2, -0.15) is 5.10 Å². The van der Waals surface area contributed by atoms with Gasteiger partial charge in [0.05, 0.1) is 12.2 Å². The summed E-state index contributed by atoms with van der Waals surface area (Å²) in [5.41, 5.74) is 6.68. The minimum absolute atomic E-state index is 0.157. The van der Waals surface area contributed by atoms with Gasteiger partial charge in [-0.05, 0) is 29.4 Å². The molecule has 0 bridgehead atoms. The van der Waals surface area contributed by atoms with Gasteiger partial charge < -0.3 is 4.90 Å². The summed E-state index contributed by atoms with van der Waals surface area (Å²) in [6.45, 7) is 0.565. The lowest BCUT2D eigenvalue weighted by molar-refractivity contribution is 0.106. The summed E-state index contributed by atoms with van der Waals surface area (Å²) in [6.07, 6.45) is 1.81. The molecular weight excluding hydrogens is 378 g/mol. The monoisotopic (exact) mass is 397 g/mol. The van der Waals surface area contributed by atoms with Crippen LogP contribution in [0.2, 0.25) is 0 Å². The number of hydrazone groups is 1. The van der Waals surface area contributed by atoms with Crippen LogP contribution in [-0.2, 0) is 6.54 Å². The lowest BCUT2D eigenvalue weighted by Crippen LogP contribution is -2.34. The van der Waals surface area contributed by atoms with E-state index in [2.05, 4.69) is 10.5 Å². The van der Waals surface area contributed by atoms with Crippen LogP contribution in [-0.4, -0.2) is 21.5 Å². The zero-order valence-corrected chi connectivity index (χ0v) is 16.5. The molecule has 0 atom stereocenters. The van der Waals surface area contributed by atoms with Crippen molar-refractivity contribution in [3.05, 3.63) is 114 Å². The Balaban J connectivity index is 1.77. The number of nitrogens with one attached hydrogen (secondary N) is 1. The number of carbonyl (C=O) groups is 1. The van der Waals surface area contributed by atoms with Crippen molar-refractivity contribution in [2.75, 3.05) is 0 Å². The Bertz CT molecular complexity index is 1080. The zero-order valence-electron chi connectivity index (χ0n) is 15.7. The van der Waals surface area contributed by atoms with Crippen molar-refractivity contribution in [2.45, 2.75) is 6.54 Å². The number of Topliss-reactive ketones (excluding diaryl/α,β-unsaturated/α-hetero) is 1. The third kappa shape index (κ3) is 4.31. The average molecular weight is 398 g/mol. The molecule has 4 nitrogen and oxygen atoms in total. The summed E-state index contributed by atoms with van der Waals surface area (Å²) < 4.78 is 0. The van der Waals surface area contributed by atoms with Gasteiger partial charge in [0, 0.05) is 5.56 Å². The molecule has 0 aliphatic carbocycles. The van der Waals surface area contributed by atoms with Crippen LogP contribution in [0, 0.1) is 0 Å². The number of allylic oxidation sites excluding steroid dienone is 1. The Hall–Kier alpha value is -3.57. The molecule has 1 aliphatic heterocycles. The normalized spacial score (nSPS) is 13.8. The number of benzene rings is 3. The SMILES string of the molecule is O=C(C1=NNC(=S)N(Cc2ccccc2)C(c2ccccc2)=C1)c1ccccc1. The summed E-state index contributed by atoms with van der Waals surface area (Å²) in [4.78, 5) is 15.0. The Kier molecular flexibility index (Phi) is 5.59. The minimum Gasteiger partial charge on any atom is -0.313 e. The lowest BCUT2D eigenvalue weighted by Gasteiger charge is -2.26. The Morgan fingerprint density at radius 1 is 0.862 bits per heavy atom. The summed E-state index contributed by atoms with van der Waals surface area (Å²) >= 11 is 5.60. The molecule has 0 radical (unpaired) electrons. The van der Waals surface area contributed by atoms with Crippen molar-refractivity contribution in [2.24, 2.45) is 5.10 Å². The van der Waals surface area contributed by atoms with Crippen LogP contribution in [0.1, 0.15) is 21.5 Å². The zero-order chi connectivity index (χ0) is 20.1. The fraction of sp³-hybridized carbons (Fsp3) is 0.0417. The molecule has 4 rings (SSSR count). The second kappa shape index (κ2) is 8.63. The predicted molar refractivity (Wildman–Crippen MR) is 120 cm³/mol. The van der Waals surface area contributed by atoms with Gasteiger partial charge in [-0.25, -0.2) is 0 Å². The average Bonchev–Trinajstić information content (AvgIpc) is 2.95. The van der Waals surface area contributed by atoms with Crippen molar-refractivity contribution in [3.8, 4) is 0 Å². The predicted octanol–water partition coefficient (Wildman–Crippen LogP) is 4.66. The largest absolute Gasteiger partial charge is 0.313 e. The van der Waals surface area contributed by atoms with E-state index in [9.17, 15) is 4.79 Å². The minimum atomic E-state index is -0.157. The summed E-state index contributed by atoms with van der Waals surface area (Å²) in [5.74, 6) is -0.157. The molecular formula is C24H19N3OS. The van der Waals surface area contributed by atoms with E-state index < -0.39 is 0 Å². The number of hydrogen-bond donors (Lipinski definition) is 1. The molecule has 3 aromatic carbocycles. The number of thiocarbonyl (C=S) groups is 1. The van der Waals surface area contributed by atoms with Crippen LogP contribution < -0.4 is 5.43 Å². The smallest absolute Gasteiger partial charge is 0.213 e. The van der Waals surface area contributed by atoms with Crippen molar-refractivity contribution in [3.63, 3.8) is 0 Å². The molecule has 5 heteroatoms. The molecule has 0 fully saturated rings. The van der Waals surface area contributed by atoms with Crippen molar-refractivity contribution >= 4 is 34.5 Å². The van der Waals surface area contributed by atoms with Gasteiger partial charge in [0.25, 0.3) is 0 Å². The highest BCUT2D eigenvalue weighted by Gasteiger charge is 2.23. The van der Waals surface area contributed by atoms with E-state index in [-0.39, 0.29) is 5.78 Å². The molecule has 0 aromatic heterocycles. The maximum absolute atomic E-state index is 13.0. The first-order valence-electron chi connectivity index (χ1n) is 9.28. The van der Waals surface area contributed by atoms with Crippen molar-refractivity contribution in [1.29, 1.82) is 0 Å². The van der Waals surface area contributed by atoms with Gasteiger partial charge in [-0.3, -0.25) is 10.2 Å². The molecule has 0 unspecified atom stereocenters. The maximum Gasteiger partial charge on any atom is 0.213 e. The molecule has 29 heavy (non-hydrogen) atoms. The van der Waals surface area contributed by atoms with Crippen LogP contribution in [0.3, 0.4) is 0 Å². The van der Waals surface area contributed by atoms with Crippen molar-refractivity contribution in [1.82, 2.24) is 10.3 Å². The van der Waals surface area contributed by atoms with Crippen LogP contribution >= 0.6 is 12.2 Å². The lowest BCUT2D eigenvalue weighted by atomic mass is 10.0. The van der Waals surface area contributed by atoms with Gasteiger partial charge in [-0.1, -0.05) is 91.0 Å². The quantitative estimate of drug-likeness (QED) is 0.503. The highest BCUT2D eigenvalue weighted by atomic mass is 32.1. The molecule has 3 aromatic rings. The first kappa shape index (κ1) is 18.8. The molecule has 1 aliphatic rings. The van der Waals surface area contributed by atoms with E-state index >= 15 is 0 Å². The first-order chi connectivity index (χ1) is 14.2. The molecule has 0 saturated heterocycles. The number of ketones is 1. The molecule has 142 valence electrons. The molecule has 0 amide bonds. The third-order valence-electron chi connectivity index (χ3n) is 4.60. The Labute approximate surface area is 175 Å². The van der Waals surface area contributed by atoms with Gasteiger partial charge in [-0.15, -0.1) is 0 Å². The van der Waals surface area contributed by atoms with Crippen LogP contribution in [0.4, 0.5) is 0 Å². The number of hydrogen-bond acceptors (Lipinski definition) is 3. The second-order valence-electron chi connectivity index (χ2n) is 6.58. The van der Waals surface area contributed by atoms with Gasteiger partial charge in [0.2, 0.25) is 5.78 Å². The maximum atomic E-state index is 13.0. The third-order valence-corrected chi connectivity index (χ3v) is 4.91. The second-order valence-corrected chi connectivity index (χ2v) is 6.96. The van der Waals surface area contributed by atoms with Gasteiger partial charge in [0.15, 0.2) is 5.11 Å². The van der Waals surface area contributed by atoms with Gasteiger partial charge in [0.1, 0.15) is 5.71 Å². The fourth-order valence-electron chi connectivity index (χ4n) is 3.14. The first-order valence-corrected chi connectivity index (χ1v) is 9.69. The fourth-order valence-corrected chi connectivity index (χ4v) is 3.35. The van der Waals surface area contributed by atoms with E-state index in [0.717, 1.165) is 16.8 Å². The topological polar surface area (TPSA) is 44.7 Å². The molecule has 1 N–H and O–H groups in total. The van der Waals surface area contributed by atoms with E-state index in [1.807, 2.05) is 83.8 Å². The number of nitrogens with zero attached hydrogens (tertiary/aromatic N) is 2. The standard InChI is InChI=1S/C24H19N3OS/c28-23(20-14-8-3-9-15-20)21-16-22(19-12-6-2-7-13-19)27(24(29)26-25-21)17-18-10-4-1-5-11-18/h1-16H,17H2,(H,26,29). The molecule has 1 heterocycles. The number of rotatable bonds is 5. The van der Waals surface area contributed by atoms with E-state index in [1.54, 1.807) is 18.2 Å². The summed E-state index contributed by atoms with van der Waals surface area (Å²) in [7, 11) is 0. The van der Waals surface area contributed by atoms with Crippen LogP contribution in [0.15, 0.2) is 102 Å². The van der Waals surface area contributed by atoms with Crippen LogP contribution in [0.5, 0.6) is 0 Å². The van der Waals surface area contributed by atoms with E-state index in [0.29, 0.717) is 22.9 Å². The van der Waals surface area contributed by atoms with Crippen molar-refractivity contribution < 1.29 is 4.79 Å². The van der Waals surface area contributed by atoms with E-state index in [1.165, 1.54) is 0 Å². The highest BCUT2D eigenvalue weighted by molar-refractivity contribution is 7.80. The summed E-state index contributed by atoms with van der Waals surface area (Å²) in [6, 6.07) is 29.1. The highest BCUT2D eigenvalue weighted by Crippen LogP contribution is 2.24. The molecule has 0 spiro atoms. The Morgan fingerprint density at radius 2 is 1.45 bits per heavy atom. The Morgan fingerprint density at radius 3 is 2.10 bits per heavy atom. The van der Waals surface area contributed by atoms with E-state index in [4.69, 9.17) is 12.2 Å². The number of carbonyl (C=O) groups excluding carboxylic acids is 1. The summed E-state index contributed by atoms with van der Waals surface area (Å²) in [5, 5.41) is 4.75. The van der Waals surface area contributed by atoms with Crippen LogP contribution in [0.25, 0.3) is 5.70 Å². The molecule has 0 saturated carbocycles.